The number of β-amino-alcohol motifs (C(OH)–C–C–N with tert-alkyl or cyclic N) is 1. The van der Waals surface area contributed by atoms with Crippen molar-refractivity contribution in [2.75, 3.05) is 32.8 Å². The Bertz CT molecular complexity index is 748. The van der Waals surface area contributed by atoms with Crippen molar-refractivity contribution in [1.29, 1.82) is 0 Å². The molecule has 0 amide bonds. The summed E-state index contributed by atoms with van der Waals surface area (Å²) >= 11 is 0. The van der Waals surface area contributed by atoms with E-state index in [1.54, 1.807) is 0 Å². The Labute approximate surface area is 168 Å². The highest BCUT2D eigenvalue weighted by Gasteiger charge is 2.31. The van der Waals surface area contributed by atoms with Crippen molar-refractivity contribution in [2.24, 2.45) is 0 Å². The van der Waals surface area contributed by atoms with Gasteiger partial charge < -0.3 is 14.6 Å². The maximum absolute atomic E-state index is 12.7. The molecule has 0 bridgehead atoms. The Kier molecular flexibility index (Phi) is 7.52. The number of rotatable bonds is 10. The maximum atomic E-state index is 12.7. The molecule has 1 unspecified atom stereocenters. The smallest absolute Gasteiger partial charge is 0.416 e. The average molecular weight is 409 g/mol. The van der Waals surface area contributed by atoms with Crippen LogP contribution >= 0.6 is 0 Å². The van der Waals surface area contributed by atoms with Crippen molar-refractivity contribution < 1.29 is 27.8 Å². The molecule has 4 nitrogen and oxygen atoms in total. The highest BCUT2D eigenvalue weighted by Crippen LogP contribution is 2.31. The van der Waals surface area contributed by atoms with Gasteiger partial charge in [-0.25, -0.2) is 0 Å². The number of ether oxygens (including phenoxy) is 2. The Morgan fingerprint density at radius 2 is 1.83 bits per heavy atom. The number of aryl methyl sites for hydroxylation is 1. The van der Waals surface area contributed by atoms with Crippen LogP contribution in [0.1, 0.15) is 17.5 Å². The standard InChI is InChI=1S/C22H26F3NO3/c23-22(24,25)18-9-4-10-20(12-18)29-16-19(27)13-26-14-21(15-26)28-11-5-8-17-6-2-1-3-7-17/h1-4,6-7,9-10,12,19,21,27H,5,8,11,13-16H2. The molecule has 29 heavy (non-hydrogen) atoms. The zero-order valence-corrected chi connectivity index (χ0v) is 16.1. The first-order valence-electron chi connectivity index (χ1n) is 9.76. The minimum atomic E-state index is -4.41. The van der Waals surface area contributed by atoms with Crippen molar-refractivity contribution in [3.63, 3.8) is 0 Å². The van der Waals surface area contributed by atoms with E-state index in [2.05, 4.69) is 12.1 Å². The fourth-order valence-corrected chi connectivity index (χ4v) is 3.25. The Hall–Kier alpha value is -2.09. The SMILES string of the molecule is OC(COc1cccc(C(F)(F)F)c1)CN1CC(OCCCc2ccccc2)C1. The van der Waals surface area contributed by atoms with Gasteiger partial charge in [0.05, 0.1) is 11.7 Å². The fraction of sp³-hybridized carbons (Fsp3) is 0.455. The highest BCUT2D eigenvalue weighted by atomic mass is 19.4. The first kappa shape index (κ1) is 21.6. The second-order valence-electron chi connectivity index (χ2n) is 7.29. The Morgan fingerprint density at radius 1 is 1.07 bits per heavy atom. The number of halogens is 3. The van der Waals surface area contributed by atoms with E-state index in [9.17, 15) is 18.3 Å². The van der Waals surface area contributed by atoms with Crippen molar-refractivity contribution in [3.8, 4) is 5.75 Å². The van der Waals surface area contributed by atoms with Crippen LogP contribution in [0.3, 0.4) is 0 Å². The number of nitrogens with zero attached hydrogens (tertiary/aromatic N) is 1. The first-order valence-corrected chi connectivity index (χ1v) is 9.76. The van der Waals surface area contributed by atoms with E-state index < -0.39 is 17.8 Å². The predicted molar refractivity (Wildman–Crippen MR) is 104 cm³/mol. The summed E-state index contributed by atoms with van der Waals surface area (Å²) in [5.74, 6) is 0.0992. The van der Waals surface area contributed by atoms with Crippen LogP contribution in [0.2, 0.25) is 0 Å². The molecule has 1 heterocycles. The molecule has 0 saturated carbocycles. The third-order valence-corrected chi connectivity index (χ3v) is 4.80. The van der Waals surface area contributed by atoms with Gasteiger partial charge in [-0.1, -0.05) is 36.4 Å². The maximum Gasteiger partial charge on any atom is 0.416 e. The summed E-state index contributed by atoms with van der Waals surface area (Å²) in [5, 5.41) is 10.1. The number of hydrogen-bond donors (Lipinski definition) is 1. The van der Waals surface area contributed by atoms with Gasteiger partial charge in [-0.15, -0.1) is 0 Å². The number of aliphatic hydroxyl groups is 1. The summed E-state index contributed by atoms with van der Waals surface area (Å²) in [6, 6.07) is 14.9. The van der Waals surface area contributed by atoms with Gasteiger partial charge in [-0.3, -0.25) is 4.90 Å². The van der Waals surface area contributed by atoms with Crippen molar-refractivity contribution >= 4 is 0 Å². The molecular formula is C22H26F3NO3. The molecule has 1 saturated heterocycles. The van der Waals surface area contributed by atoms with E-state index >= 15 is 0 Å². The predicted octanol–water partition coefficient (Wildman–Crippen LogP) is 3.78. The number of likely N-dealkylation sites (tertiary alicyclic amines) is 1. The summed E-state index contributed by atoms with van der Waals surface area (Å²) in [4.78, 5) is 2.04. The van der Waals surface area contributed by atoms with Crippen LogP contribution in [0.4, 0.5) is 13.2 Å². The lowest BCUT2D eigenvalue weighted by atomic mass is 10.1. The molecule has 1 aliphatic rings. The van der Waals surface area contributed by atoms with E-state index in [-0.39, 0.29) is 18.5 Å². The fourth-order valence-electron chi connectivity index (χ4n) is 3.25. The lowest BCUT2D eigenvalue weighted by Crippen LogP contribution is -2.55. The van der Waals surface area contributed by atoms with Gasteiger partial charge in [0.25, 0.3) is 0 Å². The van der Waals surface area contributed by atoms with E-state index in [0.717, 1.165) is 38.1 Å². The minimum absolute atomic E-state index is 0.0551. The first-order chi connectivity index (χ1) is 13.9. The second-order valence-corrected chi connectivity index (χ2v) is 7.29. The molecule has 1 atom stereocenters. The molecule has 2 aromatic rings. The zero-order chi connectivity index (χ0) is 20.7. The number of alkyl halides is 3. The van der Waals surface area contributed by atoms with Crippen LogP contribution in [0, 0.1) is 0 Å². The highest BCUT2D eigenvalue weighted by molar-refractivity contribution is 5.30. The molecule has 0 spiro atoms. The molecule has 1 aliphatic heterocycles. The van der Waals surface area contributed by atoms with Gasteiger partial charge in [0, 0.05) is 26.2 Å². The van der Waals surface area contributed by atoms with Crippen LogP contribution in [-0.2, 0) is 17.3 Å². The third kappa shape index (κ3) is 7.03. The second kappa shape index (κ2) is 10.1. The zero-order valence-electron chi connectivity index (χ0n) is 16.1. The molecule has 0 radical (unpaired) electrons. The molecule has 1 fully saturated rings. The van der Waals surface area contributed by atoms with E-state index in [4.69, 9.17) is 9.47 Å². The van der Waals surface area contributed by atoms with Gasteiger partial charge in [0.1, 0.15) is 18.5 Å². The van der Waals surface area contributed by atoms with Crippen LogP contribution < -0.4 is 4.74 Å². The molecular weight excluding hydrogens is 383 g/mol. The molecule has 1 N–H and O–H groups in total. The minimum Gasteiger partial charge on any atom is -0.491 e. The normalized spacial score (nSPS) is 16.4. The van der Waals surface area contributed by atoms with Crippen LogP contribution in [-0.4, -0.2) is 55.1 Å². The lowest BCUT2D eigenvalue weighted by molar-refractivity contribution is -0.137. The number of benzene rings is 2. The van der Waals surface area contributed by atoms with Crippen LogP contribution in [0.15, 0.2) is 54.6 Å². The summed E-state index contributed by atoms with van der Waals surface area (Å²) in [6.07, 6.45) is -3.06. The van der Waals surface area contributed by atoms with Gasteiger partial charge in [-0.05, 0) is 36.6 Å². The third-order valence-electron chi connectivity index (χ3n) is 4.80. The number of hydrogen-bond acceptors (Lipinski definition) is 4. The van der Waals surface area contributed by atoms with E-state index in [0.29, 0.717) is 13.2 Å². The topological polar surface area (TPSA) is 41.9 Å². The average Bonchev–Trinajstić information content (AvgIpc) is 2.67. The molecule has 2 aromatic carbocycles. The van der Waals surface area contributed by atoms with Crippen molar-refractivity contribution in [2.45, 2.75) is 31.2 Å². The summed E-state index contributed by atoms with van der Waals surface area (Å²) in [7, 11) is 0. The monoisotopic (exact) mass is 409 g/mol. The molecule has 7 heteroatoms. The summed E-state index contributed by atoms with van der Waals surface area (Å²) < 4.78 is 49.2. The van der Waals surface area contributed by atoms with Crippen molar-refractivity contribution in [1.82, 2.24) is 4.90 Å². The lowest BCUT2D eigenvalue weighted by Gasteiger charge is -2.39. The Balaban J connectivity index is 1.27. The van der Waals surface area contributed by atoms with E-state index in [1.807, 2.05) is 23.1 Å². The largest absolute Gasteiger partial charge is 0.491 e. The van der Waals surface area contributed by atoms with Crippen LogP contribution in [0.5, 0.6) is 5.75 Å². The molecule has 0 aliphatic carbocycles. The van der Waals surface area contributed by atoms with Gasteiger partial charge in [0.15, 0.2) is 0 Å². The summed E-state index contributed by atoms with van der Waals surface area (Å²) in [5.41, 5.74) is 0.537. The quantitative estimate of drug-likeness (QED) is 0.607. The van der Waals surface area contributed by atoms with Crippen LogP contribution in [0.25, 0.3) is 0 Å². The molecule has 0 aromatic heterocycles. The number of aliphatic hydroxyl groups excluding tert-OH is 1. The van der Waals surface area contributed by atoms with Gasteiger partial charge in [0.2, 0.25) is 0 Å². The van der Waals surface area contributed by atoms with Crippen molar-refractivity contribution in [3.05, 3.63) is 65.7 Å². The van der Waals surface area contributed by atoms with Gasteiger partial charge in [-0.2, -0.15) is 13.2 Å². The van der Waals surface area contributed by atoms with Gasteiger partial charge >= 0.3 is 6.18 Å². The molecule has 158 valence electrons. The van der Waals surface area contributed by atoms with E-state index in [1.165, 1.54) is 17.7 Å². The Morgan fingerprint density at radius 3 is 2.55 bits per heavy atom. The molecule has 3 rings (SSSR count). The summed E-state index contributed by atoms with van der Waals surface area (Å²) in [6.45, 7) is 2.54.